The first-order valence-electron chi connectivity index (χ1n) is 5.68. The fourth-order valence-corrected chi connectivity index (χ4v) is 2.04. The second kappa shape index (κ2) is 3.84. The predicted molar refractivity (Wildman–Crippen MR) is 68.4 cm³/mol. The Kier molecular flexibility index (Phi) is 2.30. The van der Waals surface area contributed by atoms with Crippen molar-refractivity contribution in [2.45, 2.75) is 6.92 Å². The zero-order chi connectivity index (χ0) is 12.7. The topological polar surface area (TPSA) is 48.0 Å². The van der Waals surface area contributed by atoms with Crippen molar-refractivity contribution in [2.75, 3.05) is 0 Å². The second-order valence-electron chi connectivity index (χ2n) is 4.23. The van der Waals surface area contributed by atoms with Crippen LogP contribution in [0, 0.1) is 0 Å². The van der Waals surface area contributed by atoms with Crippen molar-refractivity contribution < 1.29 is 9.21 Å². The Bertz CT molecular complexity index is 724. The van der Waals surface area contributed by atoms with E-state index in [1.54, 1.807) is 13.2 Å². The van der Waals surface area contributed by atoms with Crippen LogP contribution < -0.4 is 0 Å². The normalized spacial score (nSPS) is 11.0. The predicted octanol–water partition coefficient (Wildman–Crippen LogP) is 3.04. The Morgan fingerprint density at radius 2 is 2.17 bits per heavy atom. The molecule has 90 valence electrons. The SMILES string of the molecule is CC(=O)c1ccc2c(c1)nc(-c1ccco1)n2C. The fourth-order valence-electron chi connectivity index (χ4n) is 2.04. The Balaban J connectivity index is 2.25. The number of imidazole rings is 1. The summed E-state index contributed by atoms with van der Waals surface area (Å²) in [5, 5.41) is 0. The quantitative estimate of drug-likeness (QED) is 0.647. The summed E-state index contributed by atoms with van der Waals surface area (Å²) in [6, 6.07) is 9.23. The maximum atomic E-state index is 11.4. The second-order valence-corrected chi connectivity index (χ2v) is 4.23. The number of rotatable bonds is 2. The first-order valence-corrected chi connectivity index (χ1v) is 5.68. The number of furan rings is 1. The number of hydrogen-bond donors (Lipinski definition) is 0. The third-order valence-electron chi connectivity index (χ3n) is 3.03. The smallest absolute Gasteiger partial charge is 0.176 e. The van der Waals surface area contributed by atoms with Gasteiger partial charge >= 0.3 is 0 Å². The van der Waals surface area contributed by atoms with E-state index in [2.05, 4.69) is 4.98 Å². The van der Waals surface area contributed by atoms with E-state index in [1.807, 2.05) is 41.9 Å². The molecule has 0 N–H and O–H groups in total. The van der Waals surface area contributed by atoms with Gasteiger partial charge in [0.1, 0.15) is 0 Å². The van der Waals surface area contributed by atoms with Crippen molar-refractivity contribution in [3.8, 4) is 11.6 Å². The van der Waals surface area contributed by atoms with E-state index in [9.17, 15) is 4.79 Å². The van der Waals surface area contributed by atoms with Gasteiger partial charge in [0.2, 0.25) is 0 Å². The van der Waals surface area contributed by atoms with Gasteiger partial charge in [-0.3, -0.25) is 4.79 Å². The highest BCUT2D eigenvalue weighted by Gasteiger charge is 2.12. The molecule has 2 aromatic heterocycles. The third-order valence-corrected chi connectivity index (χ3v) is 3.03. The minimum Gasteiger partial charge on any atom is -0.461 e. The van der Waals surface area contributed by atoms with Gasteiger partial charge in [0.05, 0.1) is 17.3 Å². The van der Waals surface area contributed by atoms with Gasteiger partial charge in [-0.2, -0.15) is 0 Å². The molecule has 0 amide bonds. The highest BCUT2D eigenvalue weighted by Crippen LogP contribution is 2.24. The van der Waals surface area contributed by atoms with Crippen LogP contribution in [0.5, 0.6) is 0 Å². The molecule has 0 fully saturated rings. The lowest BCUT2D eigenvalue weighted by Gasteiger charge is -1.99. The minimum atomic E-state index is 0.0436. The number of ketones is 1. The maximum absolute atomic E-state index is 11.4. The largest absolute Gasteiger partial charge is 0.461 e. The van der Waals surface area contributed by atoms with E-state index in [0.717, 1.165) is 22.6 Å². The van der Waals surface area contributed by atoms with Gasteiger partial charge in [0.25, 0.3) is 0 Å². The Morgan fingerprint density at radius 1 is 1.33 bits per heavy atom. The van der Waals surface area contributed by atoms with Crippen molar-refractivity contribution in [2.24, 2.45) is 7.05 Å². The lowest BCUT2D eigenvalue weighted by atomic mass is 10.1. The van der Waals surface area contributed by atoms with Crippen LogP contribution in [0.4, 0.5) is 0 Å². The monoisotopic (exact) mass is 240 g/mol. The molecule has 0 spiro atoms. The van der Waals surface area contributed by atoms with Gasteiger partial charge in [-0.1, -0.05) is 0 Å². The van der Waals surface area contributed by atoms with Gasteiger partial charge in [-0.25, -0.2) is 4.98 Å². The van der Waals surface area contributed by atoms with E-state index < -0.39 is 0 Å². The zero-order valence-corrected chi connectivity index (χ0v) is 10.2. The third kappa shape index (κ3) is 1.54. The van der Waals surface area contributed by atoms with Crippen molar-refractivity contribution in [3.05, 3.63) is 42.2 Å². The molecule has 0 atom stereocenters. The summed E-state index contributed by atoms with van der Waals surface area (Å²) in [4.78, 5) is 15.9. The maximum Gasteiger partial charge on any atom is 0.176 e. The van der Waals surface area contributed by atoms with Gasteiger partial charge < -0.3 is 8.98 Å². The van der Waals surface area contributed by atoms with E-state index in [1.165, 1.54) is 0 Å². The van der Waals surface area contributed by atoms with Crippen LogP contribution in [0.1, 0.15) is 17.3 Å². The first kappa shape index (κ1) is 10.8. The van der Waals surface area contributed by atoms with Crippen molar-refractivity contribution in [1.29, 1.82) is 0 Å². The van der Waals surface area contributed by atoms with Crippen LogP contribution in [0.15, 0.2) is 41.0 Å². The number of aryl methyl sites for hydroxylation is 1. The summed E-state index contributed by atoms with van der Waals surface area (Å²) >= 11 is 0. The molecule has 4 heteroatoms. The average Bonchev–Trinajstić information content (AvgIpc) is 2.97. The van der Waals surface area contributed by atoms with Crippen LogP contribution in [0.2, 0.25) is 0 Å². The molecule has 3 aromatic rings. The molecule has 0 saturated carbocycles. The molecule has 1 aromatic carbocycles. The van der Waals surface area contributed by atoms with E-state index in [-0.39, 0.29) is 5.78 Å². The molecule has 18 heavy (non-hydrogen) atoms. The van der Waals surface area contributed by atoms with Crippen molar-refractivity contribution in [1.82, 2.24) is 9.55 Å². The molecule has 3 rings (SSSR count). The summed E-state index contributed by atoms with van der Waals surface area (Å²) in [5.41, 5.74) is 2.45. The standard InChI is InChI=1S/C14H12N2O2/c1-9(17)10-5-6-12-11(8-10)15-14(16(12)2)13-4-3-7-18-13/h3-8H,1-2H3. The summed E-state index contributed by atoms with van der Waals surface area (Å²) in [6.45, 7) is 1.55. The summed E-state index contributed by atoms with van der Waals surface area (Å²) in [5.74, 6) is 1.52. The zero-order valence-electron chi connectivity index (χ0n) is 10.2. The minimum absolute atomic E-state index is 0.0436. The molecule has 0 aliphatic heterocycles. The highest BCUT2D eigenvalue weighted by atomic mass is 16.3. The molecule has 0 unspecified atom stereocenters. The molecule has 0 saturated heterocycles. The average molecular weight is 240 g/mol. The van der Waals surface area contributed by atoms with Crippen LogP contribution in [0.3, 0.4) is 0 Å². The molecule has 0 radical (unpaired) electrons. The number of benzene rings is 1. The number of Topliss-reactive ketones (excluding diaryl/α,β-unsaturated/α-hetero) is 1. The Morgan fingerprint density at radius 3 is 2.83 bits per heavy atom. The van der Waals surface area contributed by atoms with Gasteiger partial charge in [-0.05, 0) is 37.3 Å². The number of hydrogen-bond acceptors (Lipinski definition) is 3. The number of fused-ring (bicyclic) bond motifs is 1. The number of carbonyl (C=O) groups excluding carboxylic acids is 1. The van der Waals surface area contributed by atoms with Crippen LogP contribution in [-0.4, -0.2) is 15.3 Å². The van der Waals surface area contributed by atoms with Crippen LogP contribution in [-0.2, 0) is 7.05 Å². The number of aromatic nitrogens is 2. The number of nitrogens with zero attached hydrogens (tertiary/aromatic N) is 2. The van der Waals surface area contributed by atoms with Gasteiger partial charge in [0, 0.05) is 12.6 Å². The van der Waals surface area contributed by atoms with E-state index in [4.69, 9.17) is 4.42 Å². The lowest BCUT2D eigenvalue weighted by molar-refractivity contribution is 0.101. The van der Waals surface area contributed by atoms with Crippen LogP contribution >= 0.6 is 0 Å². The van der Waals surface area contributed by atoms with E-state index in [0.29, 0.717) is 5.56 Å². The molecular weight excluding hydrogens is 228 g/mol. The highest BCUT2D eigenvalue weighted by molar-refractivity contribution is 5.97. The molecule has 2 heterocycles. The summed E-state index contributed by atoms with van der Waals surface area (Å²) < 4.78 is 7.31. The van der Waals surface area contributed by atoms with Gasteiger partial charge in [0.15, 0.2) is 17.4 Å². The van der Waals surface area contributed by atoms with Crippen LogP contribution in [0.25, 0.3) is 22.6 Å². The Labute approximate surface area is 104 Å². The molecule has 0 bridgehead atoms. The molecule has 0 aliphatic rings. The van der Waals surface area contributed by atoms with Crippen molar-refractivity contribution >= 4 is 16.8 Å². The molecule has 0 aliphatic carbocycles. The summed E-state index contributed by atoms with van der Waals surface area (Å²) in [7, 11) is 1.93. The fraction of sp³-hybridized carbons (Fsp3) is 0.143. The lowest BCUT2D eigenvalue weighted by Crippen LogP contribution is -1.92. The van der Waals surface area contributed by atoms with Gasteiger partial charge in [-0.15, -0.1) is 0 Å². The van der Waals surface area contributed by atoms with Crippen molar-refractivity contribution in [3.63, 3.8) is 0 Å². The molecule has 4 nitrogen and oxygen atoms in total. The summed E-state index contributed by atoms with van der Waals surface area (Å²) in [6.07, 6.45) is 1.62. The number of carbonyl (C=O) groups is 1. The van der Waals surface area contributed by atoms with E-state index >= 15 is 0 Å². The molecular formula is C14H12N2O2. The Hall–Kier alpha value is -2.36. The first-order chi connectivity index (χ1) is 8.66.